The summed E-state index contributed by atoms with van der Waals surface area (Å²) >= 11 is 0. The number of nitrogens with one attached hydrogen (secondary N) is 1. The number of nitrogens with zero attached hydrogens (tertiary/aromatic N) is 4. The monoisotopic (exact) mass is 325 g/mol. The molecule has 3 aromatic rings. The summed E-state index contributed by atoms with van der Waals surface area (Å²) in [6.07, 6.45) is 0. The number of amides is 1. The standard InChI is InChI=1S/C17H19N5O2/c1-5-22-12(4)9-14(21-22)15(23)18-17-20-19-16(24-17)13-7-6-10(2)11(3)8-13/h6-9H,5H2,1-4H3,(H,18,20,23). The van der Waals surface area contributed by atoms with Crippen molar-refractivity contribution in [2.45, 2.75) is 34.2 Å². The second-order valence-corrected chi connectivity index (χ2v) is 5.65. The SMILES string of the molecule is CCn1nc(C(=O)Nc2nnc(-c3ccc(C)c(C)c3)o2)cc1C. The van der Waals surface area contributed by atoms with Crippen LogP contribution in [0.5, 0.6) is 0 Å². The van der Waals surface area contributed by atoms with E-state index < -0.39 is 0 Å². The molecule has 0 radical (unpaired) electrons. The normalized spacial score (nSPS) is 10.8. The number of hydrogen-bond donors (Lipinski definition) is 1. The molecule has 0 aliphatic heterocycles. The Balaban J connectivity index is 1.77. The largest absolute Gasteiger partial charge is 0.403 e. The summed E-state index contributed by atoms with van der Waals surface area (Å²) in [6.45, 7) is 8.63. The van der Waals surface area contributed by atoms with Gasteiger partial charge in [-0.3, -0.25) is 14.8 Å². The molecule has 24 heavy (non-hydrogen) atoms. The van der Waals surface area contributed by atoms with E-state index in [1.54, 1.807) is 10.7 Å². The van der Waals surface area contributed by atoms with Gasteiger partial charge < -0.3 is 4.42 Å². The molecule has 0 aliphatic rings. The minimum absolute atomic E-state index is 0.0527. The Kier molecular flexibility index (Phi) is 4.16. The lowest BCUT2D eigenvalue weighted by atomic mass is 10.1. The van der Waals surface area contributed by atoms with Gasteiger partial charge in [-0.15, -0.1) is 5.10 Å². The molecule has 1 aromatic carbocycles. The number of rotatable bonds is 4. The van der Waals surface area contributed by atoms with Gasteiger partial charge in [0.15, 0.2) is 5.69 Å². The molecular weight excluding hydrogens is 306 g/mol. The van der Waals surface area contributed by atoms with Gasteiger partial charge in [0, 0.05) is 17.8 Å². The Morgan fingerprint density at radius 3 is 2.62 bits per heavy atom. The van der Waals surface area contributed by atoms with Gasteiger partial charge in [0.2, 0.25) is 5.89 Å². The minimum Gasteiger partial charge on any atom is -0.403 e. The zero-order valence-electron chi connectivity index (χ0n) is 14.1. The molecule has 0 bridgehead atoms. The minimum atomic E-state index is -0.374. The molecule has 3 rings (SSSR count). The van der Waals surface area contributed by atoms with Crippen LogP contribution in [0.4, 0.5) is 6.01 Å². The van der Waals surface area contributed by atoms with Gasteiger partial charge in [-0.05, 0) is 57.0 Å². The lowest BCUT2D eigenvalue weighted by molar-refractivity contribution is 0.101. The van der Waals surface area contributed by atoms with E-state index in [0.717, 1.165) is 16.8 Å². The molecule has 0 aliphatic carbocycles. The molecule has 2 aromatic heterocycles. The quantitative estimate of drug-likeness (QED) is 0.796. The van der Waals surface area contributed by atoms with Crippen molar-refractivity contribution in [3.8, 4) is 11.5 Å². The molecule has 7 nitrogen and oxygen atoms in total. The van der Waals surface area contributed by atoms with Crippen molar-refractivity contribution >= 4 is 11.9 Å². The van der Waals surface area contributed by atoms with E-state index >= 15 is 0 Å². The maximum atomic E-state index is 12.2. The van der Waals surface area contributed by atoms with Crippen LogP contribution in [0.3, 0.4) is 0 Å². The average Bonchev–Trinajstić information content (AvgIpc) is 3.16. The van der Waals surface area contributed by atoms with Crippen LogP contribution in [0, 0.1) is 20.8 Å². The summed E-state index contributed by atoms with van der Waals surface area (Å²) in [5.74, 6) is -0.00995. The van der Waals surface area contributed by atoms with Gasteiger partial charge in [-0.1, -0.05) is 11.2 Å². The number of aromatic nitrogens is 4. The Hall–Kier alpha value is -2.96. The first-order valence-electron chi connectivity index (χ1n) is 7.75. The molecule has 1 amide bonds. The van der Waals surface area contributed by atoms with Crippen molar-refractivity contribution in [2.75, 3.05) is 5.32 Å². The molecule has 0 spiro atoms. The third-order valence-electron chi connectivity index (χ3n) is 3.91. The van der Waals surface area contributed by atoms with Crippen molar-refractivity contribution < 1.29 is 9.21 Å². The average molecular weight is 325 g/mol. The number of aryl methyl sites for hydroxylation is 4. The summed E-state index contributed by atoms with van der Waals surface area (Å²) in [5, 5.41) is 14.7. The Morgan fingerprint density at radius 2 is 1.96 bits per heavy atom. The molecule has 124 valence electrons. The van der Waals surface area contributed by atoms with Crippen molar-refractivity contribution in [1.82, 2.24) is 20.0 Å². The van der Waals surface area contributed by atoms with Crippen molar-refractivity contribution in [1.29, 1.82) is 0 Å². The zero-order valence-corrected chi connectivity index (χ0v) is 14.1. The second kappa shape index (κ2) is 6.27. The van der Waals surface area contributed by atoms with Gasteiger partial charge in [-0.25, -0.2) is 0 Å². The highest BCUT2D eigenvalue weighted by molar-refractivity contribution is 6.01. The summed E-state index contributed by atoms with van der Waals surface area (Å²) in [5.41, 5.74) is 4.38. The van der Waals surface area contributed by atoms with Crippen molar-refractivity contribution in [3.63, 3.8) is 0 Å². The van der Waals surface area contributed by atoms with Gasteiger partial charge in [-0.2, -0.15) is 5.10 Å². The maximum Gasteiger partial charge on any atom is 0.322 e. The third kappa shape index (κ3) is 3.05. The smallest absolute Gasteiger partial charge is 0.322 e. The first-order valence-corrected chi connectivity index (χ1v) is 7.75. The molecule has 1 N–H and O–H groups in total. The second-order valence-electron chi connectivity index (χ2n) is 5.65. The molecular formula is C17H19N5O2. The van der Waals surface area contributed by atoms with Crippen LogP contribution < -0.4 is 5.32 Å². The van der Waals surface area contributed by atoms with E-state index in [4.69, 9.17) is 4.42 Å². The maximum absolute atomic E-state index is 12.2. The fourth-order valence-electron chi connectivity index (χ4n) is 2.37. The fraction of sp³-hybridized carbons (Fsp3) is 0.294. The van der Waals surface area contributed by atoms with Gasteiger partial charge in [0.05, 0.1) is 0 Å². The Morgan fingerprint density at radius 1 is 1.17 bits per heavy atom. The Labute approximate surface area is 139 Å². The van der Waals surface area contributed by atoms with Crippen LogP contribution in [-0.2, 0) is 6.54 Å². The fourth-order valence-corrected chi connectivity index (χ4v) is 2.37. The predicted molar refractivity (Wildman–Crippen MR) is 89.8 cm³/mol. The van der Waals surface area contributed by atoms with Crippen molar-refractivity contribution in [3.05, 3.63) is 46.8 Å². The van der Waals surface area contributed by atoms with E-state index in [2.05, 4.69) is 20.6 Å². The predicted octanol–water partition coefficient (Wildman–Crippen LogP) is 3.13. The van der Waals surface area contributed by atoms with E-state index in [-0.39, 0.29) is 11.9 Å². The topological polar surface area (TPSA) is 85.8 Å². The van der Waals surface area contributed by atoms with Crippen LogP contribution in [0.1, 0.15) is 34.2 Å². The molecule has 0 saturated heterocycles. The summed E-state index contributed by atoms with van der Waals surface area (Å²) in [6, 6.07) is 7.65. The highest BCUT2D eigenvalue weighted by Gasteiger charge is 2.16. The molecule has 0 atom stereocenters. The number of carbonyl (C=O) groups is 1. The lowest BCUT2D eigenvalue weighted by Gasteiger charge is -2.01. The van der Waals surface area contributed by atoms with Crippen LogP contribution in [0.2, 0.25) is 0 Å². The highest BCUT2D eigenvalue weighted by atomic mass is 16.4. The van der Waals surface area contributed by atoms with Crippen LogP contribution >= 0.6 is 0 Å². The summed E-state index contributed by atoms with van der Waals surface area (Å²) in [4.78, 5) is 12.2. The molecule has 0 saturated carbocycles. The van der Waals surface area contributed by atoms with Crippen molar-refractivity contribution in [2.24, 2.45) is 0 Å². The van der Waals surface area contributed by atoms with Crippen LogP contribution in [-0.4, -0.2) is 25.9 Å². The first-order chi connectivity index (χ1) is 11.5. The van der Waals surface area contributed by atoms with E-state index in [1.165, 1.54) is 5.56 Å². The number of carbonyl (C=O) groups excluding carboxylic acids is 1. The van der Waals surface area contributed by atoms with E-state index in [9.17, 15) is 4.79 Å². The molecule has 0 fully saturated rings. The highest BCUT2D eigenvalue weighted by Crippen LogP contribution is 2.22. The summed E-state index contributed by atoms with van der Waals surface area (Å²) < 4.78 is 7.28. The van der Waals surface area contributed by atoms with E-state index in [1.807, 2.05) is 45.9 Å². The van der Waals surface area contributed by atoms with Gasteiger partial charge >= 0.3 is 6.01 Å². The zero-order chi connectivity index (χ0) is 17.3. The molecule has 7 heteroatoms. The molecule has 0 unspecified atom stereocenters. The number of benzene rings is 1. The first kappa shape index (κ1) is 15.9. The van der Waals surface area contributed by atoms with Crippen LogP contribution in [0.25, 0.3) is 11.5 Å². The van der Waals surface area contributed by atoms with Crippen LogP contribution in [0.15, 0.2) is 28.7 Å². The van der Waals surface area contributed by atoms with E-state index in [0.29, 0.717) is 18.1 Å². The number of anilines is 1. The number of hydrogen-bond acceptors (Lipinski definition) is 5. The Bertz CT molecular complexity index is 894. The third-order valence-corrected chi connectivity index (χ3v) is 3.91. The summed E-state index contributed by atoms with van der Waals surface area (Å²) in [7, 11) is 0. The van der Waals surface area contributed by atoms with Gasteiger partial charge in [0.25, 0.3) is 5.91 Å². The molecule has 2 heterocycles. The van der Waals surface area contributed by atoms with Gasteiger partial charge in [0.1, 0.15) is 0 Å². The lowest BCUT2D eigenvalue weighted by Crippen LogP contribution is -2.13.